The topological polar surface area (TPSA) is 29.1 Å². The van der Waals surface area contributed by atoms with Crippen LogP contribution in [0.4, 0.5) is 0 Å². The summed E-state index contributed by atoms with van der Waals surface area (Å²) < 4.78 is 0. The monoisotopic (exact) mass is 241 g/mol. The van der Waals surface area contributed by atoms with E-state index in [0.717, 1.165) is 5.56 Å². The molecule has 0 unspecified atom stereocenters. The normalized spacial score (nSPS) is 9.65. The number of carbonyl (C=O) groups excluding carboxylic acids is 1. The minimum Gasteiger partial charge on any atom is -0.312 e. The van der Waals surface area contributed by atoms with Crippen molar-refractivity contribution in [2.45, 2.75) is 0 Å². The van der Waals surface area contributed by atoms with E-state index in [0.29, 0.717) is 10.6 Å². The van der Waals surface area contributed by atoms with Gasteiger partial charge in [0.25, 0.3) is 5.91 Å². The van der Waals surface area contributed by atoms with Crippen LogP contribution in [-0.2, 0) is 0 Å². The summed E-state index contributed by atoms with van der Waals surface area (Å²) in [6.07, 6.45) is 0. The molecule has 0 spiro atoms. The predicted molar refractivity (Wildman–Crippen MR) is 72.1 cm³/mol. The number of thiocarbonyl (C=S) groups is 1. The highest BCUT2D eigenvalue weighted by Crippen LogP contribution is 2.02. The van der Waals surface area contributed by atoms with Gasteiger partial charge in [0.15, 0.2) is 0 Å². The van der Waals surface area contributed by atoms with Crippen LogP contribution >= 0.6 is 12.2 Å². The lowest BCUT2D eigenvalue weighted by molar-refractivity contribution is 0.0978. The van der Waals surface area contributed by atoms with Crippen molar-refractivity contribution >= 4 is 23.1 Å². The van der Waals surface area contributed by atoms with Crippen LogP contribution in [-0.4, -0.2) is 10.9 Å². The average Bonchev–Trinajstić information content (AvgIpc) is 2.40. The number of carbonyl (C=O) groups is 1. The van der Waals surface area contributed by atoms with Crippen molar-refractivity contribution in [2.75, 3.05) is 0 Å². The van der Waals surface area contributed by atoms with Gasteiger partial charge in [0.1, 0.15) is 4.99 Å². The standard InChI is InChI=1S/C14H11NOS/c16-13(11-7-3-1-4-8-11)15-14(17)12-9-5-2-6-10-12/h1-10H,(H,15,16,17). The van der Waals surface area contributed by atoms with E-state index in [2.05, 4.69) is 5.32 Å². The highest BCUT2D eigenvalue weighted by Gasteiger charge is 2.07. The first kappa shape index (κ1) is 11.5. The molecule has 0 radical (unpaired) electrons. The molecule has 2 nitrogen and oxygen atoms in total. The van der Waals surface area contributed by atoms with Gasteiger partial charge >= 0.3 is 0 Å². The van der Waals surface area contributed by atoms with E-state index >= 15 is 0 Å². The zero-order valence-corrected chi connectivity index (χ0v) is 9.91. The Morgan fingerprint density at radius 3 is 1.82 bits per heavy atom. The van der Waals surface area contributed by atoms with E-state index < -0.39 is 0 Å². The summed E-state index contributed by atoms with van der Waals surface area (Å²) in [5.41, 5.74) is 1.44. The maximum absolute atomic E-state index is 11.8. The fourth-order valence-electron chi connectivity index (χ4n) is 1.43. The summed E-state index contributed by atoms with van der Waals surface area (Å²) in [4.78, 5) is 12.3. The van der Waals surface area contributed by atoms with Crippen LogP contribution in [0.2, 0.25) is 0 Å². The van der Waals surface area contributed by atoms with Gasteiger partial charge in [0.2, 0.25) is 0 Å². The molecular formula is C14H11NOS. The summed E-state index contributed by atoms with van der Waals surface area (Å²) in [5, 5.41) is 2.70. The van der Waals surface area contributed by atoms with Crippen molar-refractivity contribution in [3.05, 3.63) is 71.8 Å². The molecule has 0 saturated heterocycles. The second-order valence-corrected chi connectivity index (χ2v) is 3.92. The fraction of sp³-hybridized carbons (Fsp3) is 0. The number of benzene rings is 2. The predicted octanol–water partition coefficient (Wildman–Crippen LogP) is 2.79. The molecular weight excluding hydrogens is 230 g/mol. The van der Waals surface area contributed by atoms with E-state index in [1.807, 2.05) is 48.5 Å². The van der Waals surface area contributed by atoms with Gasteiger partial charge in [-0.25, -0.2) is 0 Å². The zero-order chi connectivity index (χ0) is 12.1. The Kier molecular flexibility index (Phi) is 3.62. The maximum atomic E-state index is 11.8. The molecule has 0 aromatic heterocycles. The number of rotatable bonds is 2. The van der Waals surface area contributed by atoms with Crippen LogP contribution in [0.25, 0.3) is 0 Å². The van der Waals surface area contributed by atoms with Crippen molar-refractivity contribution < 1.29 is 4.79 Å². The number of hydrogen-bond donors (Lipinski definition) is 1. The first-order chi connectivity index (χ1) is 8.27. The van der Waals surface area contributed by atoms with Gasteiger partial charge in [-0.05, 0) is 12.1 Å². The van der Waals surface area contributed by atoms with E-state index in [1.54, 1.807) is 12.1 Å². The number of hydrogen-bond acceptors (Lipinski definition) is 2. The van der Waals surface area contributed by atoms with Crippen LogP contribution in [0.1, 0.15) is 15.9 Å². The Hall–Kier alpha value is -2.00. The molecule has 0 bridgehead atoms. The maximum Gasteiger partial charge on any atom is 0.256 e. The van der Waals surface area contributed by atoms with Gasteiger partial charge in [-0.15, -0.1) is 0 Å². The first-order valence-electron chi connectivity index (χ1n) is 5.23. The largest absolute Gasteiger partial charge is 0.312 e. The molecule has 0 saturated carbocycles. The van der Waals surface area contributed by atoms with Crippen LogP contribution in [0.15, 0.2) is 60.7 Å². The van der Waals surface area contributed by atoms with Crippen molar-refractivity contribution in [3.63, 3.8) is 0 Å². The highest BCUT2D eigenvalue weighted by atomic mass is 32.1. The van der Waals surface area contributed by atoms with Crippen LogP contribution in [0.5, 0.6) is 0 Å². The summed E-state index contributed by atoms with van der Waals surface area (Å²) in [7, 11) is 0. The second kappa shape index (κ2) is 5.37. The summed E-state index contributed by atoms with van der Waals surface area (Å²) >= 11 is 5.16. The summed E-state index contributed by atoms with van der Waals surface area (Å²) in [6.45, 7) is 0. The zero-order valence-electron chi connectivity index (χ0n) is 9.09. The lowest BCUT2D eigenvalue weighted by atomic mass is 10.2. The van der Waals surface area contributed by atoms with E-state index in [4.69, 9.17) is 12.2 Å². The Morgan fingerprint density at radius 2 is 1.29 bits per heavy atom. The third kappa shape index (κ3) is 2.98. The smallest absolute Gasteiger partial charge is 0.256 e. The summed E-state index contributed by atoms with van der Waals surface area (Å²) in [5.74, 6) is -0.181. The minimum absolute atomic E-state index is 0.181. The van der Waals surface area contributed by atoms with E-state index in [9.17, 15) is 4.79 Å². The Balaban J connectivity index is 2.08. The van der Waals surface area contributed by atoms with Crippen molar-refractivity contribution in [1.29, 1.82) is 0 Å². The molecule has 84 valence electrons. The number of nitrogens with one attached hydrogen (secondary N) is 1. The molecule has 0 atom stereocenters. The highest BCUT2D eigenvalue weighted by molar-refractivity contribution is 7.80. The van der Waals surface area contributed by atoms with Crippen molar-refractivity contribution in [3.8, 4) is 0 Å². The second-order valence-electron chi connectivity index (χ2n) is 3.52. The first-order valence-corrected chi connectivity index (χ1v) is 5.64. The van der Waals surface area contributed by atoms with Gasteiger partial charge < -0.3 is 5.32 Å². The average molecular weight is 241 g/mol. The Labute approximate surface area is 105 Å². The van der Waals surface area contributed by atoms with Crippen molar-refractivity contribution in [1.82, 2.24) is 5.32 Å². The van der Waals surface area contributed by atoms with Gasteiger partial charge in [0.05, 0.1) is 0 Å². The third-order valence-electron chi connectivity index (χ3n) is 2.30. The Bertz CT molecular complexity index is 473. The fourth-order valence-corrected chi connectivity index (χ4v) is 1.66. The quantitative estimate of drug-likeness (QED) is 0.819. The van der Waals surface area contributed by atoms with E-state index in [-0.39, 0.29) is 5.91 Å². The van der Waals surface area contributed by atoms with Crippen molar-refractivity contribution in [2.24, 2.45) is 0 Å². The summed E-state index contributed by atoms with van der Waals surface area (Å²) in [6, 6.07) is 18.4. The van der Waals surface area contributed by atoms with Crippen LogP contribution in [0.3, 0.4) is 0 Å². The molecule has 0 aliphatic carbocycles. The van der Waals surface area contributed by atoms with Gasteiger partial charge in [-0.1, -0.05) is 60.7 Å². The van der Waals surface area contributed by atoms with E-state index in [1.165, 1.54) is 0 Å². The van der Waals surface area contributed by atoms with Gasteiger partial charge in [0, 0.05) is 11.1 Å². The lowest BCUT2D eigenvalue weighted by Gasteiger charge is -2.06. The van der Waals surface area contributed by atoms with Crippen LogP contribution in [0, 0.1) is 0 Å². The molecule has 0 heterocycles. The van der Waals surface area contributed by atoms with Gasteiger partial charge in [-0.2, -0.15) is 0 Å². The molecule has 2 rings (SSSR count). The molecule has 2 aromatic carbocycles. The molecule has 2 aromatic rings. The lowest BCUT2D eigenvalue weighted by Crippen LogP contribution is -2.29. The minimum atomic E-state index is -0.181. The molecule has 0 aliphatic heterocycles. The molecule has 0 fully saturated rings. The molecule has 17 heavy (non-hydrogen) atoms. The number of amides is 1. The van der Waals surface area contributed by atoms with Crippen LogP contribution < -0.4 is 5.32 Å². The molecule has 1 amide bonds. The SMILES string of the molecule is O=C(NC(=S)c1ccccc1)c1ccccc1. The third-order valence-corrected chi connectivity index (χ3v) is 2.64. The Morgan fingerprint density at radius 1 is 0.824 bits per heavy atom. The molecule has 0 aliphatic rings. The molecule has 1 N–H and O–H groups in total. The molecule has 3 heteroatoms. The van der Waals surface area contributed by atoms with Gasteiger partial charge in [-0.3, -0.25) is 4.79 Å².